The molecule has 1 N–H and O–H groups in total. The summed E-state index contributed by atoms with van der Waals surface area (Å²) in [4.78, 5) is 0. The summed E-state index contributed by atoms with van der Waals surface area (Å²) in [7, 11) is -3.25. The number of sulfonamides is 1. The second kappa shape index (κ2) is 4.72. The van der Waals surface area contributed by atoms with Crippen LogP contribution < -0.4 is 4.72 Å². The molecule has 0 fully saturated rings. The van der Waals surface area contributed by atoms with Gasteiger partial charge in [-0.15, -0.1) is 0 Å². The van der Waals surface area contributed by atoms with Crippen LogP contribution in [0, 0.1) is 12.7 Å². The van der Waals surface area contributed by atoms with E-state index in [1.165, 1.54) is 12.1 Å². The van der Waals surface area contributed by atoms with Crippen molar-refractivity contribution in [1.82, 2.24) is 4.72 Å². The molecule has 0 aliphatic carbocycles. The zero-order chi connectivity index (χ0) is 11.5. The fourth-order valence-electron chi connectivity index (χ4n) is 1.06. The topological polar surface area (TPSA) is 46.2 Å². The number of nitrogens with one attached hydrogen (secondary N) is 1. The lowest BCUT2D eigenvalue weighted by atomic mass is 10.1. The Morgan fingerprint density at radius 3 is 2.73 bits per heavy atom. The molecule has 0 amide bonds. The molecular formula is C10H13FNO2S. The van der Waals surface area contributed by atoms with Crippen LogP contribution in [0.15, 0.2) is 18.2 Å². The van der Waals surface area contributed by atoms with Crippen LogP contribution in [0.5, 0.6) is 0 Å². The Hall–Kier alpha value is -0.940. The third-order valence-electron chi connectivity index (χ3n) is 2.08. The van der Waals surface area contributed by atoms with E-state index in [4.69, 9.17) is 0 Å². The van der Waals surface area contributed by atoms with Gasteiger partial charge in [-0.25, -0.2) is 17.5 Å². The molecule has 1 radical (unpaired) electrons. The molecule has 0 unspecified atom stereocenters. The molecule has 3 nitrogen and oxygen atoms in total. The van der Waals surface area contributed by atoms with Gasteiger partial charge >= 0.3 is 0 Å². The fraction of sp³-hybridized carbons (Fsp3) is 0.300. The molecular weight excluding hydrogens is 217 g/mol. The minimum Gasteiger partial charge on any atom is -0.212 e. The van der Waals surface area contributed by atoms with Gasteiger partial charge in [0.05, 0.1) is 5.75 Å². The summed E-state index contributed by atoms with van der Waals surface area (Å²) < 4.78 is 37.7. The average Bonchev–Trinajstić information content (AvgIpc) is 2.20. The van der Waals surface area contributed by atoms with Crippen LogP contribution in [-0.2, 0) is 16.6 Å². The molecule has 83 valence electrons. The zero-order valence-electron chi connectivity index (χ0n) is 8.46. The summed E-state index contributed by atoms with van der Waals surface area (Å²) in [5.74, 6) is -0.419. The number of hydrogen-bond donors (Lipinski definition) is 1. The van der Waals surface area contributed by atoms with Crippen molar-refractivity contribution in [2.24, 2.45) is 0 Å². The second-order valence-corrected chi connectivity index (χ2v) is 5.20. The van der Waals surface area contributed by atoms with Crippen molar-refractivity contribution in [1.29, 1.82) is 0 Å². The Balaban J connectivity index is 2.79. The molecule has 0 aromatic heterocycles. The van der Waals surface area contributed by atoms with E-state index >= 15 is 0 Å². The van der Waals surface area contributed by atoms with Crippen molar-refractivity contribution in [3.05, 3.63) is 42.1 Å². The number of rotatable bonds is 4. The first-order chi connectivity index (χ1) is 6.96. The first-order valence-electron chi connectivity index (χ1n) is 4.53. The third-order valence-corrected chi connectivity index (χ3v) is 3.42. The van der Waals surface area contributed by atoms with Gasteiger partial charge in [0.1, 0.15) is 5.82 Å². The maximum absolute atomic E-state index is 13.0. The van der Waals surface area contributed by atoms with E-state index in [1.807, 2.05) is 0 Å². The largest absolute Gasteiger partial charge is 0.212 e. The van der Waals surface area contributed by atoms with E-state index < -0.39 is 15.8 Å². The van der Waals surface area contributed by atoms with Crippen LogP contribution in [0.2, 0.25) is 0 Å². The fourth-order valence-corrected chi connectivity index (χ4v) is 1.64. The Morgan fingerprint density at radius 2 is 2.13 bits per heavy atom. The van der Waals surface area contributed by atoms with Crippen molar-refractivity contribution in [2.75, 3.05) is 5.75 Å². The van der Waals surface area contributed by atoms with Crippen LogP contribution in [0.1, 0.15) is 18.1 Å². The molecule has 0 aliphatic heterocycles. The quantitative estimate of drug-likeness (QED) is 0.851. The van der Waals surface area contributed by atoms with Crippen molar-refractivity contribution < 1.29 is 12.8 Å². The van der Waals surface area contributed by atoms with Gasteiger partial charge in [-0.1, -0.05) is 12.1 Å². The van der Waals surface area contributed by atoms with Crippen molar-refractivity contribution >= 4 is 10.0 Å². The van der Waals surface area contributed by atoms with Crippen molar-refractivity contribution in [2.45, 2.75) is 13.5 Å². The molecule has 0 heterocycles. The highest BCUT2D eigenvalue weighted by molar-refractivity contribution is 7.89. The van der Waals surface area contributed by atoms with Crippen LogP contribution in [0.3, 0.4) is 0 Å². The minimum atomic E-state index is -3.25. The molecule has 0 spiro atoms. The van der Waals surface area contributed by atoms with E-state index in [1.54, 1.807) is 13.0 Å². The molecule has 15 heavy (non-hydrogen) atoms. The van der Waals surface area contributed by atoms with Gasteiger partial charge < -0.3 is 0 Å². The Morgan fingerprint density at radius 1 is 1.47 bits per heavy atom. The predicted octanol–water partition coefficient (Wildman–Crippen LogP) is 1.45. The van der Waals surface area contributed by atoms with Crippen molar-refractivity contribution in [3.63, 3.8) is 0 Å². The van der Waals surface area contributed by atoms with E-state index in [0.717, 1.165) is 0 Å². The summed E-state index contributed by atoms with van der Waals surface area (Å²) >= 11 is 0. The van der Waals surface area contributed by atoms with Crippen LogP contribution in [0.25, 0.3) is 0 Å². The molecule has 0 bridgehead atoms. The van der Waals surface area contributed by atoms with Gasteiger partial charge in [0.2, 0.25) is 10.0 Å². The Kier molecular flexibility index (Phi) is 3.82. The van der Waals surface area contributed by atoms with Crippen LogP contribution >= 0.6 is 0 Å². The van der Waals surface area contributed by atoms with Gasteiger partial charge in [-0.2, -0.15) is 0 Å². The lowest BCUT2D eigenvalue weighted by Gasteiger charge is -2.07. The first kappa shape index (κ1) is 12.1. The molecule has 5 heteroatoms. The predicted molar refractivity (Wildman–Crippen MR) is 57.2 cm³/mol. The molecule has 0 saturated carbocycles. The highest BCUT2D eigenvalue weighted by atomic mass is 32.2. The lowest BCUT2D eigenvalue weighted by molar-refractivity contribution is 0.581. The monoisotopic (exact) mass is 230 g/mol. The molecule has 0 aliphatic rings. The second-order valence-electron chi connectivity index (χ2n) is 3.10. The van der Waals surface area contributed by atoms with E-state index in [2.05, 4.69) is 11.6 Å². The van der Waals surface area contributed by atoms with E-state index in [-0.39, 0.29) is 17.9 Å². The normalized spacial score (nSPS) is 11.7. The SMILES string of the molecule is [CH2]c1c(F)cccc1CNS(=O)(=O)CC. The molecule has 1 rings (SSSR count). The molecule has 0 saturated heterocycles. The maximum Gasteiger partial charge on any atom is 0.211 e. The summed E-state index contributed by atoms with van der Waals surface area (Å²) in [6, 6.07) is 4.46. The molecule has 1 aromatic carbocycles. The minimum absolute atomic E-state index is 0.00872. The summed E-state index contributed by atoms with van der Waals surface area (Å²) in [5.41, 5.74) is 0.781. The van der Waals surface area contributed by atoms with Gasteiger partial charge in [0.25, 0.3) is 0 Å². The number of hydrogen-bond acceptors (Lipinski definition) is 2. The van der Waals surface area contributed by atoms with Gasteiger partial charge in [-0.3, -0.25) is 0 Å². The highest BCUT2D eigenvalue weighted by Gasteiger charge is 2.08. The van der Waals surface area contributed by atoms with E-state index in [9.17, 15) is 12.8 Å². The Labute approximate surface area is 89.4 Å². The summed E-state index contributed by atoms with van der Waals surface area (Å²) in [6.45, 7) is 5.15. The average molecular weight is 230 g/mol. The number of benzene rings is 1. The standard InChI is InChI=1S/C10H13FNO2S/c1-3-15(13,14)12-7-9-5-4-6-10(11)8(9)2/h4-6,12H,2-3,7H2,1H3. The van der Waals surface area contributed by atoms with Crippen LogP contribution in [0.4, 0.5) is 4.39 Å². The molecule has 1 aromatic rings. The highest BCUT2D eigenvalue weighted by Crippen LogP contribution is 2.11. The summed E-state index contributed by atoms with van der Waals surface area (Å²) in [6.07, 6.45) is 0. The van der Waals surface area contributed by atoms with Crippen molar-refractivity contribution in [3.8, 4) is 0 Å². The van der Waals surface area contributed by atoms with Gasteiger partial charge in [0.15, 0.2) is 0 Å². The maximum atomic E-state index is 13.0. The van der Waals surface area contributed by atoms with Gasteiger partial charge in [-0.05, 0) is 31.0 Å². The smallest absolute Gasteiger partial charge is 0.211 e. The third kappa shape index (κ3) is 3.28. The zero-order valence-corrected chi connectivity index (χ0v) is 9.27. The van der Waals surface area contributed by atoms with Crippen LogP contribution in [-0.4, -0.2) is 14.2 Å². The lowest BCUT2D eigenvalue weighted by Crippen LogP contribution is -2.25. The van der Waals surface area contributed by atoms with E-state index in [0.29, 0.717) is 5.56 Å². The molecule has 0 atom stereocenters. The first-order valence-corrected chi connectivity index (χ1v) is 6.18. The van der Waals surface area contributed by atoms with Gasteiger partial charge in [0, 0.05) is 6.54 Å². The Bertz CT molecular complexity index is 443. The number of halogens is 1. The summed E-state index contributed by atoms with van der Waals surface area (Å²) in [5, 5.41) is 0.